The monoisotopic (exact) mass is 295 g/mol. The molecule has 0 unspecified atom stereocenters. The largest absolute Gasteiger partial charge is 0.197 e. The summed E-state index contributed by atoms with van der Waals surface area (Å²) in [5.41, 5.74) is 0.988. The van der Waals surface area contributed by atoms with E-state index in [0.29, 0.717) is 0 Å². The minimum atomic E-state index is 0.752. The van der Waals surface area contributed by atoms with Crippen LogP contribution in [0.15, 0.2) is 65.6 Å². The van der Waals surface area contributed by atoms with E-state index in [1.807, 2.05) is 48.2 Å². The highest BCUT2D eigenvalue weighted by atomic mass is 32.2. The Hall–Kier alpha value is -2.14. The van der Waals surface area contributed by atoms with Crippen molar-refractivity contribution in [2.24, 2.45) is 0 Å². The molecule has 4 nitrogen and oxygen atoms in total. The highest BCUT2D eigenvalue weighted by Gasteiger charge is 2.07. The van der Waals surface area contributed by atoms with Crippen molar-refractivity contribution in [1.82, 2.24) is 20.2 Å². The van der Waals surface area contributed by atoms with Gasteiger partial charge in [0.2, 0.25) is 0 Å². The fourth-order valence-electron chi connectivity index (χ4n) is 1.96. The fraction of sp³-hybridized carbons (Fsp3) is 0.125. The van der Waals surface area contributed by atoms with Crippen molar-refractivity contribution in [3.05, 3.63) is 72.9 Å². The van der Waals surface area contributed by atoms with E-state index in [1.54, 1.807) is 4.68 Å². The van der Waals surface area contributed by atoms with Gasteiger partial charge in [0, 0.05) is 17.1 Å². The highest BCUT2D eigenvalue weighted by Crippen LogP contribution is 2.18. The molecule has 1 aromatic heterocycles. The number of tetrazole rings is 1. The topological polar surface area (TPSA) is 43.6 Å². The zero-order valence-corrected chi connectivity index (χ0v) is 12.3. The minimum Gasteiger partial charge on any atom is -0.197 e. The molecule has 0 atom stereocenters. The van der Waals surface area contributed by atoms with Crippen LogP contribution in [-0.4, -0.2) is 26.0 Å². The van der Waals surface area contributed by atoms with Crippen LogP contribution in [0.3, 0.4) is 0 Å². The van der Waals surface area contributed by atoms with Crippen LogP contribution in [0.2, 0.25) is 0 Å². The first-order valence-corrected chi connectivity index (χ1v) is 7.74. The maximum absolute atomic E-state index is 4.10. The van der Waals surface area contributed by atoms with Crippen LogP contribution in [0.5, 0.6) is 0 Å². The van der Waals surface area contributed by atoms with Crippen molar-refractivity contribution in [1.29, 1.82) is 0 Å². The number of para-hydroxylation sites is 1. The van der Waals surface area contributed by atoms with E-state index in [2.05, 4.69) is 46.2 Å². The van der Waals surface area contributed by atoms with E-state index in [9.17, 15) is 0 Å². The van der Waals surface area contributed by atoms with Gasteiger partial charge in [-0.15, -0.1) is 16.9 Å². The van der Waals surface area contributed by atoms with Gasteiger partial charge in [0.15, 0.2) is 5.82 Å². The third kappa shape index (κ3) is 3.70. The Morgan fingerprint density at radius 2 is 1.67 bits per heavy atom. The molecule has 0 N–H and O–H groups in total. The summed E-state index contributed by atoms with van der Waals surface area (Å²) in [4.78, 5) is 1.27. The van der Waals surface area contributed by atoms with Crippen molar-refractivity contribution in [2.75, 3.05) is 5.75 Å². The zero-order valence-electron chi connectivity index (χ0n) is 11.5. The number of thioether (sulfide) groups is 1. The predicted octanol–water partition coefficient (Wildman–Crippen LogP) is 3.20. The van der Waals surface area contributed by atoms with Gasteiger partial charge in [0.25, 0.3) is 0 Å². The van der Waals surface area contributed by atoms with Gasteiger partial charge < -0.3 is 0 Å². The van der Waals surface area contributed by atoms with E-state index in [0.717, 1.165) is 23.7 Å². The summed E-state index contributed by atoms with van der Waals surface area (Å²) in [6, 6.07) is 20.3. The molecule has 105 valence electrons. The van der Waals surface area contributed by atoms with Gasteiger partial charge in [0.1, 0.15) is 0 Å². The first kappa shape index (κ1) is 13.8. The third-order valence-corrected chi connectivity index (χ3v) is 3.98. The van der Waals surface area contributed by atoms with Crippen LogP contribution in [0, 0.1) is 6.42 Å². The molecule has 0 aliphatic heterocycles. The van der Waals surface area contributed by atoms with Crippen LogP contribution in [-0.2, 0) is 6.42 Å². The smallest absolute Gasteiger partial charge is 0.157 e. The Balaban J connectivity index is 1.56. The number of rotatable bonds is 6. The molecule has 3 aromatic rings. The lowest BCUT2D eigenvalue weighted by Gasteiger charge is -2.04. The number of hydrogen-bond acceptors (Lipinski definition) is 4. The summed E-state index contributed by atoms with van der Waals surface area (Å²) < 4.78 is 1.78. The SMILES string of the molecule is [CH](CSc1ccccc1)Cc1nnnn1-c1ccccc1. The molecule has 5 heteroatoms. The van der Waals surface area contributed by atoms with E-state index >= 15 is 0 Å². The lowest BCUT2D eigenvalue weighted by Crippen LogP contribution is -2.04. The minimum absolute atomic E-state index is 0.752. The van der Waals surface area contributed by atoms with Crippen LogP contribution < -0.4 is 0 Å². The first-order valence-electron chi connectivity index (χ1n) is 6.76. The Bertz CT molecular complexity index is 667. The van der Waals surface area contributed by atoms with Gasteiger partial charge in [0.05, 0.1) is 5.69 Å². The molecule has 3 rings (SSSR count). The van der Waals surface area contributed by atoms with Gasteiger partial charge in [-0.1, -0.05) is 36.4 Å². The van der Waals surface area contributed by atoms with Gasteiger partial charge in [-0.2, -0.15) is 4.68 Å². The van der Waals surface area contributed by atoms with Gasteiger partial charge in [-0.25, -0.2) is 0 Å². The molecule has 0 aliphatic carbocycles. The molecule has 1 heterocycles. The molecule has 2 aromatic carbocycles. The maximum Gasteiger partial charge on any atom is 0.157 e. The lowest BCUT2D eigenvalue weighted by atomic mass is 10.3. The second-order valence-corrected chi connectivity index (χ2v) is 5.55. The molecule has 21 heavy (non-hydrogen) atoms. The standard InChI is InChI=1S/C16H15N4S/c1-3-8-14(9-4-1)20-16(17-18-19-20)12-7-13-21-15-10-5-2-6-11-15/h1-11H,12-13H2. The number of benzene rings is 2. The Morgan fingerprint density at radius 3 is 2.43 bits per heavy atom. The van der Waals surface area contributed by atoms with E-state index in [-0.39, 0.29) is 0 Å². The maximum atomic E-state index is 4.10. The van der Waals surface area contributed by atoms with Crippen LogP contribution in [0.4, 0.5) is 0 Å². The highest BCUT2D eigenvalue weighted by molar-refractivity contribution is 7.99. The summed E-state index contributed by atoms with van der Waals surface area (Å²) in [7, 11) is 0. The Labute approximate surface area is 128 Å². The van der Waals surface area contributed by atoms with E-state index < -0.39 is 0 Å². The Kier molecular flexibility index (Phi) is 4.63. The Morgan fingerprint density at radius 1 is 0.952 bits per heavy atom. The van der Waals surface area contributed by atoms with Crippen LogP contribution >= 0.6 is 11.8 Å². The molecule has 0 saturated heterocycles. The molecule has 0 bridgehead atoms. The zero-order chi connectivity index (χ0) is 14.3. The van der Waals surface area contributed by atoms with Gasteiger partial charge in [-0.3, -0.25) is 0 Å². The molecule has 0 aliphatic rings. The molecular formula is C16H15N4S. The molecule has 0 spiro atoms. The first-order chi connectivity index (χ1) is 10.4. The summed E-state index contributed by atoms with van der Waals surface area (Å²) in [6.45, 7) is 0. The quantitative estimate of drug-likeness (QED) is 0.517. The molecular weight excluding hydrogens is 280 g/mol. The summed E-state index contributed by atoms with van der Waals surface area (Å²) >= 11 is 1.81. The van der Waals surface area contributed by atoms with Crippen molar-refractivity contribution >= 4 is 11.8 Å². The summed E-state index contributed by atoms with van der Waals surface area (Å²) in [5.74, 6) is 1.79. The van der Waals surface area contributed by atoms with Crippen LogP contribution in [0.25, 0.3) is 5.69 Å². The molecule has 0 amide bonds. The second-order valence-electron chi connectivity index (χ2n) is 4.46. The van der Waals surface area contributed by atoms with Gasteiger partial charge in [-0.05, 0) is 41.1 Å². The van der Waals surface area contributed by atoms with Crippen molar-refractivity contribution in [3.8, 4) is 5.69 Å². The third-order valence-electron chi connectivity index (χ3n) is 2.97. The molecule has 0 saturated carbocycles. The van der Waals surface area contributed by atoms with Crippen molar-refractivity contribution in [3.63, 3.8) is 0 Å². The lowest BCUT2D eigenvalue weighted by molar-refractivity contribution is 0.769. The average Bonchev–Trinajstić information content (AvgIpc) is 3.02. The van der Waals surface area contributed by atoms with Crippen LogP contribution in [0.1, 0.15) is 5.82 Å². The van der Waals surface area contributed by atoms with Crippen molar-refractivity contribution in [2.45, 2.75) is 11.3 Å². The summed E-state index contributed by atoms with van der Waals surface area (Å²) in [5, 5.41) is 11.9. The number of hydrogen-bond donors (Lipinski definition) is 0. The normalized spacial score (nSPS) is 10.7. The molecule has 0 fully saturated rings. The molecule has 1 radical (unpaired) electrons. The number of nitrogens with zero attached hydrogens (tertiary/aromatic N) is 4. The van der Waals surface area contributed by atoms with Gasteiger partial charge >= 0.3 is 0 Å². The van der Waals surface area contributed by atoms with Crippen molar-refractivity contribution < 1.29 is 0 Å². The van der Waals surface area contributed by atoms with E-state index in [4.69, 9.17) is 0 Å². The average molecular weight is 295 g/mol. The fourth-order valence-corrected chi connectivity index (χ4v) is 2.74. The predicted molar refractivity (Wildman–Crippen MR) is 84.3 cm³/mol. The van der Waals surface area contributed by atoms with E-state index in [1.165, 1.54) is 4.90 Å². The second kappa shape index (κ2) is 7.04. The number of aromatic nitrogens is 4. The summed E-state index contributed by atoms with van der Waals surface area (Å²) in [6.07, 6.45) is 2.95.